The number of nitrogens with zero attached hydrogens (tertiary/aromatic N) is 1. The monoisotopic (exact) mass is 202 g/mol. The highest BCUT2D eigenvalue weighted by Crippen LogP contribution is 2.18. The Balaban J connectivity index is 2.55. The summed E-state index contributed by atoms with van der Waals surface area (Å²) in [4.78, 5) is 13.9. The van der Waals surface area contributed by atoms with Crippen molar-refractivity contribution in [1.29, 1.82) is 5.26 Å². The Morgan fingerprint density at radius 1 is 1.36 bits per heavy atom. The quantitative estimate of drug-likeness (QED) is 0.768. The summed E-state index contributed by atoms with van der Waals surface area (Å²) in [6, 6.07) is 7.02. The van der Waals surface area contributed by atoms with Gasteiger partial charge < -0.3 is 4.98 Å². The molecule has 0 radical (unpaired) electrons. The molecule has 4 heteroatoms. The highest BCUT2D eigenvalue weighted by Gasteiger charge is 2.01. The lowest BCUT2D eigenvalue weighted by atomic mass is 10.2. The minimum absolute atomic E-state index is 0.143. The van der Waals surface area contributed by atoms with Crippen molar-refractivity contribution in [1.82, 2.24) is 4.98 Å². The molecule has 3 nitrogen and oxygen atoms in total. The van der Waals surface area contributed by atoms with Crippen LogP contribution in [0.3, 0.4) is 0 Å². The van der Waals surface area contributed by atoms with Crippen molar-refractivity contribution in [3.8, 4) is 17.3 Å². The summed E-state index contributed by atoms with van der Waals surface area (Å²) in [7, 11) is 0. The van der Waals surface area contributed by atoms with Gasteiger partial charge in [0.1, 0.15) is 11.6 Å². The zero-order chi connectivity index (χ0) is 9.97. The molecule has 0 fully saturated rings. The molecule has 2 aromatic heterocycles. The lowest BCUT2D eigenvalue weighted by Crippen LogP contribution is -2.09. The van der Waals surface area contributed by atoms with E-state index < -0.39 is 0 Å². The molecule has 0 aliphatic heterocycles. The van der Waals surface area contributed by atoms with Crippen LogP contribution in [-0.2, 0) is 0 Å². The molecule has 0 aliphatic carbocycles. The Morgan fingerprint density at radius 2 is 2.21 bits per heavy atom. The van der Waals surface area contributed by atoms with Gasteiger partial charge in [0.2, 0.25) is 0 Å². The fourth-order valence-electron chi connectivity index (χ4n) is 1.15. The van der Waals surface area contributed by atoms with E-state index in [-0.39, 0.29) is 11.1 Å². The largest absolute Gasteiger partial charge is 0.321 e. The number of nitriles is 1. The first-order valence-electron chi connectivity index (χ1n) is 3.97. The van der Waals surface area contributed by atoms with Gasteiger partial charge in [0.15, 0.2) is 0 Å². The Bertz CT molecular complexity index is 534. The number of hydrogen-bond acceptors (Lipinski definition) is 3. The van der Waals surface area contributed by atoms with Crippen LogP contribution in [-0.4, -0.2) is 4.98 Å². The number of pyridine rings is 1. The predicted octanol–water partition coefficient (Wildman–Crippen LogP) is 1.98. The van der Waals surface area contributed by atoms with E-state index in [1.807, 2.05) is 22.9 Å². The van der Waals surface area contributed by atoms with E-state index in [0.717, 1.165) is 11.3 Å². The number of nitrogens with one attached hydrogen (secondary N) is 1. The van der Waals surface area contributed by atoms with Crippen LogP contribution in [0.25, 0.3) is 11.3 Å². The van der Waals surface area contributed by atoms with Crippen molar-refractivity contribution >= 4 is 11.3 Å². The second-order valence-electron chi connectivity index (χ2n) is 2.74. The Hall–Kier alpha value is -1.86. The molecule has 0 atom stereocenters. The van der Waals surface area contributed by atoms with Crippen LogP contribution in [0.15, 0.2) is 33.8 Å². The third-order valence-electron chi connectivity index (χ3n) is 1.86. The molecule has 1 N–H and O–H groups in total. The average molecular weight is 202 g/mol. The van der Waals surface area contributed by atoms with E-state index >= 15 is 0 Å². The third-order valence-corrected chi connectivity index (χ3v) is 2.55. The first-order valence-corrected chi connectivity index (χ1v) is 4.91. The first-order chi connectivity index (χ1) is 6.81. The van der Waals surface area contributed by atoms with E-state index in [2.05, 4.69) is 4.98 Å². The summed E-state index contributed by atoms with van der Waals surface area (Å²) in [5.41, 5.74) is 1.52. The standard InChI is InChI=1S/C10H6N2OS/c11-5-7-1-2-9(12-10(7)13)8-3-4-14-6-8/h1-4,6H,(H,12,13). The van der Waals surface area contributed by atoms with Crippen LogP contribution in [0.2, 0.25) is 0 Å². The second-order valence-corrected chi connectivity index (χ2v) is 3.52. The maximum absolute atomic E-state index is 11.3. The molecule has 2 aromatic rings. The Morgan fingerprint density at radius 3 is 2.79 bits per heavy atom. The van der Waals surface area contributed by atoms with Crippen molar-refractivity contribution in [2.45, 2.75) is 0 Å². The van der Waals surface area contributed by atoms with Gasteiger partial charge >= 0.3 is 0 Å². The van der Waals surface area contributed by atoms with Crippen LogP contribution in [0.1, 0.15) is 5.56 Å². The summed E-state index contributed by atoms with van der Waals surface area (Å²) in [6.07, 6.45) is 0. The van der Waals surface area contributed by atoms with Crippen LogP contribution < -0.4 is 5.56 Å². The number of hydrogen-bond donors (Lipinski definition) is 1. The molecule has 14 heavy (non-hydrogen) atoms. The SMILES string of the molecule is N#Cc1ccc(-c2ccsc2)[nH]c1=O. The smallest absolute Gasteiger partial charge is 0.266 e. The van der Waals surface area contributed by atoms with E-state index in [9.17, 15) is 4.79 Å². The van der Waals surface area contributed by atoms with E-state index in [1.165, 1.54) is 6.07 Å². The molecule has 0 saturated heterocycles. The van der Waals surface area contributed by atoms with Gasteiger partial charge in [0.25, 0.3) is 5.56 Å². The van der Waals surface area contributed by atoms with Crippen LogP contribution >= 0.6 is 11.3 Å². The predicted molar refractivity (Wildman–Crippen MR) is 55.1 cm³/mol. The number of thiophene rings is 1. The molecule has 0 aromatic carbocycles. The van der Waals surface area contributed by atoms with Gasteiger partial charge in [-0.1, -0.05) is 0 Å². The van der Waals surface area contributed by atoms with E-state index in [0.29, 0.717) is 0 Å². The minimum Gasteiger partial charge on any atom is -0.321 e. The molecule has 2 rings (SSSR count). The molecule has 0 aliphatic rings. The summed E-state index contributed by atoms with van der Waals surface area (Å²) in [6.45, 7) is 0. The third kappa shape index (κ3) is 1.45. The Labute approximate surface area is 84.3 Å². The number of H-pyrrole nitrogens is 1. The molecule has 0 saturated carbocycles. The molecular formula is C10H6N2OS. The van der Waals surface area contributed by atoms with Gasteiger partial charge in [-0.05, 0) is 23.6 Å². The number of aromatic amines is 1. The number of rotatable bonds is 1. The van der Waals surface area contributed by atoms with Crippen LogP contribution in [0.5, 0.6) is 0 Å². The van der Waals surface area contributed by atoms with Gasteiger partial charge in [-0.3, -0.25) is 4.79 Å². The van der Waals surface area contributed by atoms with Crippen LogP contribution in [0, 0.1) is 11.3 Å². The summed E-state index contributed by atoms with van der Waals surface area (Å²) in [5, 5.41) is 12.5. The van der Waals surface area contributed by atoms with Gasteiger partial charge in [-0.2, -0.15) is 16.6 Å². The average Bonchev–Trinajstić information content (AvgIpc) is 2.70. The van der Waals surface area contributed by atoms with E-state index in [4.69, 9.17) is 5.26 Å². The molecule has 0 bridgehead atoms. The van der Waals surface area contributed by atoms with Crippen LogP contribution in [0.4, 0.5) is 0 Å². The summed E-state index contributed by atoms with van der Waals surface area (Å²) < 4.78 is 0. The maximum atomic E-state index is 11.3. The van der Waals surface area contributed by atoms with Crippen molar-refractivity contribution in [3.63, 3.8) is 0 Å². The lowest BCUT2D eigenvalue weighted by Gasteiger charge is -1.96. The van der Waals surface area contributed by atoms with Crippen molar-refractivity contribution in [2.24, 2.45) is 0 Å². The van der Waals surface area contributed by atoms with Gasteiger partial charge in [-0.25, -0.2) is 0 Å². The van der Waals surface area contributed by atoms with Crippen molar-refractivity contribution < 1.29 is 0 Å². The highest BCUT2D eigenvalue weighted by molar-refractivity contribution is 7.08. The van der Waals surface area contributed by atoms with E-state index in [1.54, 1.807) is 17.4 Å². The lowest BCUT2D eigenvalue weighted by molar-refractivity contribution is 1.22. The molecule has 0 spiro atoms. The summed E-state index contributed by atoms with van der Waals surface area (Å²) >= 11 is 1.56. The van der Waals surface area contributed by atoms with Gasteiger partial charge in [-0.15, -0.1) is 0 Å². The number of aromatic nitrogens is 1. The van der Waals surface area contributed by atoms with Crippen molar-refractivity contribution in [2.75, 3.05) is 0 Å². The second kappa shape index (κ2) is 3.48. The molecule has 2 heterocycles. The molecule has 0 unspecified atom stereocenters. The summed E-state index contributed by atoms with van der Waals surface area (Å²) in [5.74, 6) is 0. The zero-order valence-corrected chi connectivity index (χ0v) is 7.97. The fraction of sp³-hybridized carbons (Fsp3) is 0. The van der Waals surface area contributed by atoms with Gasteiger partial charge in [0.05, 0.1) is 0 Å². The fourth-order valence-corrected chi connectivity index (χ4v) is 1.80. The zero-order valence-electron chi connectivity index (χ0n) is 7.15. The normalized spacial score (nSPS) is 9.64. The Kier molecular flexibility index (Phi) is 2.17. The topological polar surface area (TPSA) is 56.6 Å². The van der Waals surface area contributed by atoms with Crippen molar-refractivity contribution in [3.05, 3.63) is 44.9 Å². The molecule has 68 valence electrons. The molecule has 0 amide bonds. The maximum Gasteiger partial charge on any atom is 0.266 e. The molecular weight excluding hydrogens is 196 g/mol. The van der Waals surface area contributed by atoms with Gasteiger partial charge in [0, 0.05) is 16.6 Å². The highest BCUT2D eigenvalue weighted by atomic mass is 32.1. The minimum atomic E-state index is -0.337. The first kappa shape index (κ1) is 8.73.